The average Bonchev–Trinajstić information content (AvgIpc) is 2.69. The number of hydrogen-bond donors (Lipinski definition) is 1. The Morgan fingerprint density at radius 1 is 0.926 bits per heavy atom. The van der Waals surface area contributed by atoms with Gasteiger partial charge in [0.1, 0.15) is 6.54 Å². The molecule has 0 aliphatic rings. The van der Waals surface area contributed by atoms with Gasteiger partial charge in [0.2, 0.25) is 5.91 Å². The van der Waals surface area contributed by atoms with Gasteiger partial charge < -0.3 is 10.2 Å². The highest BCUT2D eigenvalue weighted by atomic mass is 16.7. The summed E-state index contributed by atoms with van der Waals surface area (Å²) in [5, 5.41) is 4.08. The smallest absolute Gasteiger partial charge is 0.329 e. The van der Waals surface area contributed by atoms with Crippen LogP contribution in [0.2, 0.25) is 0 Å². The van der Waals surface area contributed by atoms with E-state index in [-0.39, 0.29) is 12.5 Å². The second-order valence-corrected chi connectivity index (χ2v) is 5.82. The lowest BCUT2D eigenvalue weighted by atomic mass is 10.1. The van der Waals surface area contributed by atoms with E-state index in [0.29, 0.717) is 11.4 Å². The van der Waals surface area contributed by atoms with E-state index in [0.717, 1.165) is 11.1 Å². The van der Waals surface area contributed by atoms with Crippen molar-refractivity contribution in [3.8, 4) is 11.1 Å². The van der Waals surface area contributed by atoms with Gasteiger partial charge in [-0.05, 0) is 47.5 Å². The van der Waals surface area contributed by atoms with E-state index in [1.807, 2.05) is 54.6 Å². The first-order chi connectivity index (χ1) is 13.1. The Morgan fingerprint density at radius 2 is 1.56 bits per heavy atom. The van der Waals surface area contributed by atoms with Crippen molar-refractivity contribution in [3.63, 3.8) is 0 Å². The zero-order valence-corrected chi connectivity index (χ0v) is 14.8. The molecule has 1 amide bonds. The molecule has 0 unspecified atom stereocenters. The van der Waals surface area contributed by atoms with Crippen molar-refractivity contribution in [2.45, 2.75) is 6.92 Å². The largest absolute Gasteiger partial charge is 0.341 e. The molecule has 0 aliphatic heterocycles. The number of para-hydroxylation sites is 1. The van der Waals surface area contributed by atoms with E-state index in [2.05, 4.69) is 10.3 Å². The molecular formula is C21H19N3O3. The van der Waals surface area contributed by atoms with Crippen molar-refractivity contribution >= 4 is 23.3 Å². The molecule has 2 aromatic carbocycles. The van der Waals surface area contributed by atoms with Crippen molar-refractivity contribution in [1.29, 1.82) is 0 Å². The van der Waals surface area contributed by atoms with E-state index in [1.54, 1.807) is 24.5 Å². The molecule has 0 atom stereocenters. The van der Waals surface area contributed by atoms with Crippen LogP contribution in [0.1, 0.15) is 6.92 Å². The molecular weight excluding hydrogens is 342 g/mol. The Hall–Kier alpha value is -3.67. The number of nitrogens with one attached hydrogen (secondary N) is 1. The van der Waals surface area contributed by atoms with Gasteiger partial charge in [-0.3, -0.25) is 14.6 Å². The summed E-state index contributed by atoms with van der Waals surface area (Å²) in [5.41, 5.74) is 3.36. The van der Waals surface area contributed by atoms with Crippen molar-refractivity contribution in [1.82, 2.24) is 4.98 Å². The van der Waals surface area contributed by atoms with Gasteiger partial charge in [0.05, 0.1) is 5.69 Å². The molecule has 0 bridgehead atoms. The van der Waals surface area contributed by atoms with Gasteiger partial charge >= 0.3 is 5.97 Å². The molecule has 3 aromatic rings. The molecule has 6 heteroatoms. The minimum atomic E-state index is -0.492. The first-order valence-electron chi connectivity index (χ1n) is 8.43. The molecule has 1 heterocycles. The molecule has 1 aromatic heterocycles. The number of hydrogen-bond acceptors (Lipinski definition) is 5. The number of pyridine rings is 1. The number of aromatic nitrogens is 1. The average molecular weight is 361 g/mol. The van der Waals surface area contributed by atoms with Gasteiger partial charge in [0.25, 0.3) is 0 Å². The van der Waals surface area contributed by atoms with Crippen molar-refractivity contribution in [3.05, 3.63) is 79.1 Å². The van der Waals surface area contributed by atoms with Crippen LogP contribution >= 0.6 is 0 Å². The van der Waals surface area contributed by atoms with Crippen LogP contribution in [0.5, 0.6) is 0 Å². The minimum Gasteiger partial charge on any atom is -0.341 e. The van der Waals surface area contributed by atoms with Crippen LogP contribution in [0.15, 0.2) is 79.1 Å². The monoisotopic (exact) mass is 361 g/mol. The third-order valence-electron chi connectivity index (χ3n) is 3.75. The van der Waals surface area contributed by atoms with Crippen LogP contribution in [-0.2, 0) is 14.4 Å². The molecule has 136 valence electrons. The van der Waals surface area contributed by atoms with Gasteiger partial charge in [-0.1, -0.05) is 30.3 Å². The number of amides is 1. The minimum absolute atomic E-state index is 0.115. The maximum Gasteiger partial charge on any atom is 0.329 e. The molecule has 0 saturated carbocycles. The van der Waals surface area contributed by atoms with Crippen LogP contribution in [-0.4, -0.2) is 23.4 Å². The lowest BCUT2D eigenvalue weighted by molar-refractivity contribution is -0.142. The molecule has 3 rings (SSSR count). The predicted octanol–water partition coefficient (Wildman–Crippen LogP) is 3.67. The van der Waals surface area contributed by atoms with Crippen LogP contribution in [0.4, 0.5) is 11.4 Å². The molecule has 27 heavy (non-hydrogen) atoms. The second-order valence-electron chi connectivity index (χ2n) is 5.82. The number of carbonyl (C=O) groups is 2. The fourth-order valence-electron chi connectivity index (χ4n) is 2.55. The molecule has 1 N–H and O–H groups in total. The van der Waals surface area contributed by atoms with Gasteiger partial charge in [-0.25, -0.2) is 0 Å². The zero-order valence-electron chi connectivity index (χ0n) is 14.8. The summed E-state index contributed by atoms with van der Waals surface area (Å²) in [6, 6.07) is 20.3. The fourth-order valence-corrected chi connectivity index (χ4v) is 2.55. The van der Waals surface area contributed by atoms with Crippen molar-refractivity contribution < 1.29 is 14.4 Å². The first-order valence-corrected chi connectivity index (χ1v) is 8.43. The summed E-state index contributed by atoms with van der Waals surface area (Å²) < 4.78 is 0. The maximum absolute atomic E-state index is 12.4. The zero-order chi connectivity index (χ0) is 19.1. The van der Waals surface area contributed by atoms with Crippen molar-refractivity contribution in [2.24, 2.45) is 0 Å². The number of nitrogens with zero attached hydrogens (tertiary/aromatic N) is 2. The van der Waals surface area contributed by atoms with Gasteiger partial charge in [-0.2, -0.15) is 5.06 Å². The SMILES string of the molecule is CC(=O)ON(CC(=O)Nc1ccc(-c2ccncc2)cc1)c1ccccc1. The summed E-state index contributed by atoms with van der Waals surface area (Å²) in [6.45, 7) is 1.18. The number of carbonyl (C=O) groups excluding carboxylic acids is 2. The predicted molar refractivity (Wildman–Crippen MR) is 104 cm³/mol. The van der Waals surface area contributed by atoms with Crippen molar-refractivity contribution in [2.75, 3.05) is 16.9 Å². The van der Waals surface area contributed by atoms with E-state index >= 15 is 0 Å². The third-order valence-corrected chi connectivity index (χ3v) is 3.75. The van der Waals surface area contributed by atoms with E-state index in [9.17, 15) is 9.59 Å². The Kier molecular flexibility index (Phi) is 5.79. The standard InChI is InChI=1S/C21H19N3O3/c1-16(25)27-24(20-5-3-2-4-6-20)15-21(26)23-19-9-7-17(8-10-19)18-11-13-22-14-12-18/h2-14H,15H2,1H3,(H,23,26). The molecule has 0 saturated heterocycles. The highest BCUT2D eigenvalue weighted by molar-refractivity contribution is 5.94. The second kappa shape index (κ2) is 8.62. The van der Waals surface area contributed by atoms with Crippen LogP contribution in [0, 0.1) is 0 Å². The molecule has 6 nitrogen and oxygen atoms in total. The summed E-state index contributed by atoms with van der Waals surface area (Å²) >= 11 is 0. The molecule has 0 aliphatic carbocycles. The first kappa shape index (κ1) is 18.1. The highest BCUT2D eigenvalue weighted by Crippen LogP contribution is 2.21. The van der Waals surface area contributed by atoms with Gasteiger partial charge in [0.15, 0.2) is 0 Å². The summed E-state index contributed by atoms with van der Waals surface area (Å²) in [4.78, 5) is 32.9. The number of anilines is 2. The van der Waals surface area contributed by atoms with E-state index < -0.39 is 5.97 Å². The fraction of sp³-hybridized carbons (Fsp3) is 0.0952. The van der Waals surface area contributed by atoms with E-state index in [4.69, 9.17) is 4.84 Å². The van der Waals surface area contributed by atoms with Gasteiger partial charge in [0, 0.05) is 25.0 Å². The number of benzene rings is 2. The Bertz CT molecular complexity index is 897. The Morgan fingerprint density at radius 3 is 2.19 bits per heavy atom. The van der Waals surface area contributed by atoms with Gasteiger partial charge in [-0.15, -0.1) is 0 Å². The normalized spacial score (nSPS) is 10.1. The topological polar surface area (TPSA) is 71.5 Å². The maximum atomic E-state index is 12.4. The Balaban J connectivity index is 1.66. The summed E-state index contributed by atoms with van der Waals surface area (Å²) in [5.74, 6) is -0.787. The van der Waals surface area contributed by atoms with E-state index in [1.165, 1.54) is 12.0 Å². The quantitative estimate of drug-likeness (QED) is 0.678. The lowest BCUT2D eigenvalue weighted by Gasteiger charge is -2.21. The number of rotatable bonds is 6. The highest BCUT2D eigenvalue weighted by Gasteiger charge is 2.15. The lowest BCUT2D eigenvalue weighted by Crippen LogP contribution is -2.34. The van der Waals surface area contributed by atoms with Crippen LogP contribution < -0.4 is 10.4 Å². The Labute approximate surface area is 157 Å². The van der Waals surface area contributed by atoms with Crippen LogP contribution in [0.25, 0.3) is 11.1 Å². The molecule has 0 fully saturated rings. The molecule has 0 spiro atoms. The molecule has 0 radical (unpaired) electrons. The summed E-state index contributed by atoms with van der Waals surface area (Å²) in [7, 11) is 0. The van der Waals surface area contributed by atoms with Crippen LogP contribution in [0.3, 0.4) is 0 Å². The summed E-state index contributed by atoms with van der Waals surface area (Å²) in [6.07, 6.45) is 3.47. The number of hydroxylamine groups is 1. The third kappa shape index (κ3) is 5.15.